The van der Waals surface area contributed by atoms with Crippen molar-refractivity contribution in [1.82, 2.24) is 35.0 Å². The van der Waals surface area contributed by atoms with Crippen LogP contribution in [0.2, 0.25) is 5.02 Å². The molecule has 1 aliphatic rings. The van der Waals surface area contributed by atoms with E-state index >= 15 is 0 Å². The summed E-state index contributed by atoms with van der Waals surface area (Å²) < 4.78 is 7.03. The lowest BCUT2D eigenvalue weighted by molar-refractivity contribution is 0.0902. The Hall–Kier alpha value is -3.85. The van der Waals surface area contributed by atoms with Gasteiger partial charge in [0.1, 0.15) is 29.3 Å². The Kier molecular flexibility index (Phi) is 5.70. The first-order valence-corrected chi connectivity index (χ1v) is 10.8. The van der Waals surface area contributed by atoms with Gasteiger partial charge in [-0.25, -0.2) is 15.0 Å². The lowest BCUT2D eigenvalue weighted by Crippen LogP contribution is -2.44. The standard InChI is InChI=1S/C23H20ClN7O2/c1-33-16-6-7-19(26-12-16)23(32)28-15-10-14(11-15)21-29-30-22(18-8-9-25-13-27-18)31(21)20-5-3-2-4-17(20)24/h2-9,12-15H,10-11H2,1H3,(H,28,32)/t14-,15-. The molecule has 33 heavy (non-hydrogen) atoms. The SMILES string of the molecule is COc1ccc(C(=O)N[C@H]2C[C@H](c3nnc(-c4ccncn4)n3-c3ccccc3Cl)C2)nc1. The van der Waals surface area contributed by atoms with Crippen molar-refractivity contribution in [2.24, 2.45) is 0 Å². The summed E-state index contributed by atoms with van der Waals surface area (Å²) in [4.78, 5) is 25.0. The largest absolute Gasteiger partial charge is 0.495 e. The number of amides is 1. The number of hydrogen-bond donors (Lipinski definition) is 1. The van der Waals surface area contributed by atoms with Gasteiger partial charge in [-0.2, -0.15) is 0 Å². The summed E-state index contributed by atoms with van der Waals surface area (Å²) in [7, 11) is 1.56. The molecule has 0 atom stereocenters. The second kappa shape index (κ2) is 8.95. The van der Waals surface area contributed by atoms with Crippen LogP contribution < -0.4 is 10.1 Å². The van der Waals surface area contributed by atoms with Crippen LogP contribution in [0.25, 0.3) is 17.2 Å². The number of methoxy groups -OCH3 is 1. The molecule has 0 radical (unpaired) electrons. The van der Waals surface area contributed by atoms with Gasteiger partial charge in [-0.3, -0.25) is 9.36 Å². The van der Waals surface area contributed by atoms with Crippen LogP contribution in [-0.2, 0) is 0 Å². The van der Waals surface area contributed by atoms with Gasteiger partial charge in [0.05, 0.1) is 24.0 Å². The van der Waals surface area contributed by atoms with Crippen LogP contribution >= 0.6 is 11.6 Å². The van der Waals surface area contributed by atoms with E-state index in [1.807, 2.05) is 28.8 Å². The number of pyridine rings is 1. The highest BCUT2D eigenvalue weighted by molar-refractivity contribution is 6.32. The van der Waals surface area contributed by atoms with Crippen LogP contribution in [-0.4, -0.2) is 48.8 Å². The molecule has 1 aliphatic carbocycles. The van der Waals surface area contributed by atoms with Gasteiger partial charge < -0.3 is 10.1 Å². The van der Waals surface area contributed by atoms with Gasteiger partial charge in [-0.05, 0) is 43.2 Å². The van der Waals surface area contributed by atoms with Gasteiger partial charge >= 0.3 is 0 Å². The minimum Gasteiger partial charge on any atom is -0.495 e. The molecule has 3 heterocycles. The summed E-state index contributed by atoms with van der Waals surface area (Å²) in [5.74, 6) is 1.88. The van der Waals surface area contributed by atoms with E-state index in [1.165, 1.54) is 12.5 Å². The van der Waals surface area contributed by atoms with E-state index < -0.39 is 0 Å². The van der Waals surface area contributed by atoms with E-state index in [-0.39, 0.29) is 17.9 Å². The van der Waals surface area contributed by atoms with Crippen LogP contribution in [0.3, 0.4) is 0 Å². The molecule has 0 aliphatic heterocycles. The third kappa shape index (κ3) is 4.14. The molecule has 0 saturated heterocycles. The summed E-state index contributed by atoms with van der Waals surface area (Å²) in [5, 5.41) is 12.5. The van der Waals surface area contributed by atoms with Crippen LogP contribution in [0.5, 0.6) is 5.75 Å². The Morgan fingerprint density at radius 2 is 1.97 bits per heavy atom. The number of para-hydroxylation sites is 1. The highest BCUT2D eigenvalue weighted by atomic mass is 35.5. The molecule has 9 nitrogen and oxygen atoms in total. The fourth-order valence-corrected chi connectivity index (χ4v) is 4.08. The van der Waals surface area contributed by atoms with Crippen molar-refractivity contribution in [3.05, 3.63) is 77.7 Å². The smallest absolute Gasteiger partial charge is 0.270 e. The van der Waals surface area contributed by atoms with Gasteiger partial charge in [-0.1, -0.05) is 23.7 Å². The topological polar surface area (TPSA) is 108 Å². The number of ether oxygens (including phenoxy) is 1. The molecule has 4 aromatic rings. The molecule has 0 spiro atoms. The number of nitrogens with zero attached hydrogens (tertiary/aromatic N) is 6. The Labute approximate surface area is 194 Å². The molecular weight excluding hydrogens is 442 g/mol. The molecule has 0 unspecified atom stereocenters. The van der Waals surface area contributed by atoms with E-state index in [9.17, 15) is 4.79 Å². The first kappa shape index (κ1) is 21.0. The minimum atomic E-state index is -0.213. The number of hydrogen-bond acceptors (Lipinski definition) is 7. The maximum atomic E-state index is 12.5. The molecule has 166 valence electrons. The Bertz CT molecular complexity index is 1270. The van der Waals surface area contributed by atoms with Crippen LogP contribution in [0, 0.1) is 0 Å². The van der Waals surface area contributed by atoms with Crippen molar-refractivity contribution in [2.75, 3.05) is 7.11 Å². The number of carbonyl (C=O) groups is 1. The number of nitrogens with one attached hydrogen (secondary N) is 1. The molecule has 1 saturated carbocycles. The predicted molar refractivity (Wildman–Crippen MR) is 121 cm³/mol. The molecule has 1 fully saturated rings. The highest BCUT2D eigenvalue weighted by Gasteiger charge is 2.36. The average Bonchev–Trinajstić information content (AvgIpc) is 3.26. The molecule has 0 bridgehead atoms. The van der Waals surface area contributed by atoms with E-state index in [0.29, 0.717) is 28.0 Å². The minimum absolute atomic E-state index is 0.0188. The molecule has 1 aromatic carbocycles. The van der Waals surface area contributed by atoms with Gasteiger partial charge in [0, 0.05) is 18.2 Å². The van der Waals surface area contributed by atoms with Crippen LogP contribution in [0.15, 0.2) is 61.2 Å². The zero-order valence-electron chi connectivity index (χ0n) is 17.7. The number of aromatic nitrogens is 6. The monoisotopic (exact) mass is 461 g/mol. The predicted octanol–water partition coefficient (Wildman–Crippen LogP) is 3.46. The third-order valence-electron chi connectivity index (χ3n) is 5.64. The zero-order valence-corrected chi connectivity index (χ0v) is 18.5. The van der Waals surface area contributed by atoms with E-state index in [2.05, 4.69) is 30.5 Å². The molecule has 3 aromatic heterocycles. The van der Waals surface area contributed by atoms with Gasteiger partial charge in [0.25, 0.3) is 5.91 Å². The Morgan fingerprint density at radius 1 is 1.12 bits per heavy atom. The maximum absolute atomic E-state index is 12.5. The summed E-state index contributed by atoms with van der Waals surface area (Å²) in [6.07, 6.45) is 6.13. The summed E-state index contributed by atoms with van der Waals surface area (Å²) >= 11 is 6.52. The van der Waals surface area contributed by atoms with Crippen molar-refractivity contribution in [1.29, 1.82) is 0 Å². The number of rotatable bonds is 6. The van der Waals surface area contributed by atoms with Crippen molar-refractivity contribution in [2.45, 2.75) is 24.8 Å². The molecule has 1 N–H and O–H groups in total. The Balaban J connectivity index is 1.37. The quantitative estimate of drug-likeness (QED) is 0.468. The molecule has 5 rings (SSSR count). The molecule has 1 amide bonds. The number of halogens is 1. The second-order valence-electron chi connectivity index (χ2n) is 7.69. The third-order valence-corrected chi connectivity index (χ3v) is 5.96. The fraction of sp³-hybridized carbons (Fsp3) is 0.217. The molecular formula is C23H20ClN7O2. The van der Waals surface area contributed by atoms with E-state index in [0.717, 1.165) is 24.4 Å². The van der Waals surface area contributed by atoms with Crippen molar-refractivity contribution < 1.29 is 9.53 Å². The normalized spacial score (nSPS) is 17.3. The number of benzene rings is 1. The van der Waals surface area contributed by atoms with Crippen molar-refractivity contribution in [3.63, 3.8) is 0 Å². The summed E-state index contributed by atoms with van der Waals surface area (Å²) in [6, 6.07) is 12.7. The van der Waals surface area contributed by atoms with Gasteiger partial charge in [-0.15, -0.1) is 10.2 Å². The lowest BCUT2D eigenvalue weighted by atomic mass is 9.79. The first-order chi connectivity index (χ1) is 16.1. The van der Waals surface area contributed by atoms with E-state index in [4.69, 9.17) is 16.3 Å². The fourth-order valence-electron chi connectivity index (χ4n) is 3.86. The summed E-state index contributed by atoms with van der Waals surface area (Å²) in [6.45, 7) is 0. The van der Waals surface area contributed by atoms with E-state index in [1.54, 1.807) is 31.5 Å². The first-order valence-electron chi connectivity index (χ1n) is 10.4. The van der Waals surface area contributed by atoms with Crippen LogP contribution in [0.1, 0.15) is 35.1 Å². The van der Waals surface area contributed by atoms with Crippen LogP contribution in [0.4, 0.5) is 0 Å². The summed E-state index contributed by atoms with van der Waals surface area (Å²) in [5.41, 5.74) is 1.78. The van der Waals surface area contributed by atoms with Gasteiger partial charge in [0.2, 0.25) is 0 Å². The Morgan fingerprint density at radius 3 is 2.67 bits per heavy atom. The van der Waals surface area contributed by atoms with Gasteiger partial charge in [0.15, 0.2) is 5.82 Å². The molecule has 10 heteroatoms. The highest BCUT2D eigenvalue weighted by Crippen LogP contribution is 2.39. The van der Waals surface area contributed by atoms with Crippen molar-refractivity contribution >= 4 is 17.5 Å². The van der Waals surface area contributed by atoms with Crippen molar-refractivity contribution in [3.8, 4) is 23.0 Å². The maximum Gasteiger partial charge on any atom is 0.270 e. The second-order valence-corrected chi connectivity index (χ2v) is 8.09. The average molecular weight is 462 g/mol. The lowest BCUT2D eigenvalue weighted by Gasteiger charge is -2.35. The zero-order chi connectivity index (χ0) is 22.8. The number of carbonyl (C=O) groups excluding carboxylic acids is 1.